The second-order valence-electron chi connectivity index (χ2n) is 3.70. The van der Waals surface area contributed by atoms with Crippen LogP contribution in [0.4, 0.5) is 5.69 Å². The molecule has 0 spiro atoms. The summed E-state index contributed by atoms with van der Waals surface area (Å²) in [5.41, 5.74) is 0.301. The lowest BCUT2D eigenvalue weighted by atomic mass is 10.2. The van der Waals surface area contributed by atoms with Gasteiger partial charge in [-0.3, -0.25) is 10.1 Å². The van der Waals surface area contributed by atoms with Gasteiger partial charge in [0.15, 0.2) is 5.75 Å². The van der Waals surface area contributed by atoms with Gasteiger partial charge in [0.25, 0.3) is 0 Å². The Morgan fingerprint density at radius 1 is 1.47 bits per heavy atom. The van der Waals surface area contributed by atoms with E-state index in [0.717, 1.165) is 11.3 Å². The van der Waals surface area contributed by atoms with Crippen molar-refractivity contribution in [2.75, 3.05) is 0 Å². The van der Waals surface area contributed by atoms with Crippen LogP contribution in [0.2, 0.25) is 0 Å². The molecule has 0 aliphatic carbocycles. The highest BCUT2D eigenvalue weighted by Gasteiger charge is 2.19. The number of nitrogens with zero attached hydrogens (tertiary/aromatic N) is 2. The molecule has 1 heterocycles. The largest absolute Gasteiger partial charge is 0.502 e. The number of hydrogen-bond acceptors (Lipinski definition) is 6. The Morgan fingerprint density at radius 3 is 2.68 bits per heavy atom. The summed E-state index contributed by atoms with van der Waals surface area (Å²) in [4.78, 5) is 25.1. The van der Waals surface area contributed by atoms with Crippen LogP contribution < -0.4 is 0 Å². The van der Waals surface area contributed by atoms with Crippen LogP contribution in [0, 0.1) is 17.0 Å². The normalized spacial score (nSPS) is 10.4. The maximum absolute atomic E-state index is 10.9. The molecule has 2 rings (SSSR count). The van der Waals surface area contributed by atoms with Crippen molar-refractivity contribution in [2.45, 2.75) is 6.92 Å². The molecule has 1 aromatic heterocycles. The number of phenols is 1. The average molecular weight is 280 g/mol. The van der Waals surface area contributed by atoms with Crippen molar-refractivity contribution in [2.24, 2.45) is 0 Å². The Kier molecular flexibility index (Phi) is 3.17. The van der Waals surface area contributed by atoms with Crippen molar-refractivity contribution >= 4 is 23.0 Å². The summed E-state index contributed by atoms with van der Waals surface area (Å²) in [5.74, 6) is -1.53. The Labute approximate surface area is 110 Å². The Bertz CT molecular complexity index is 680. The number of hydrogen-bond donors (Lipinski definition) is 2. The zero-order valence-corrected chi connectivity index (χ0v) is 10.5. The number of aromatic nitrogens is 1. The van der Waals surface area contributed by atoms with Crippen molar-refractivity contribution < 1.29 is 19.9 Å². The summed E-state index contributed by atoms with van der Waals surface area (Å²) in [5, 5.41) is 29.4. The predicted molar refractivity (Wildman–Crippen MR) is 67.6 cm³/mol. The minimum absolute atomic E-state index is 0.0886. The number of aromatic carboxylic acids is 1. The first-order valence-electron chi connectivity index (χ1n) is 5.08. The molecule has 7 nitrogen and oxygen atoms in total. The van der Waals surface area contributed by atoms with Gasteiger partial charge in [-0.2, -0.15) is 0 Å². The van der Waals surface area contributed by atoms with Crippen LogP contribution in [0.5, 0.6) is 5.75 Å². The van der Waals surface area contributed by atoms with Gasteiger partial charge in [-0.15, -0.1) is 11.3 Å². The second kappa shape index (κ2) is 4.65. The van der Waals surface area contributed by atoms with Crippen LogP contribution in [0.3, 0.4) is 0 Å². The van der Waals surface area contributed by atoms with Gasteiger partial charge in [-0.25, -0.2) is 9.78 Å². The lowest BCUT2D eigenvalue weighted by Crippen LogP contribution is -1.94. The number of nitro groups is 1. The molecule has 0 saturated carbocycles. The van der Waals surface area contributed by atoms with Crippen molar-refractivity contribution in [3.05, 3.63) is 38.9 Å². The van der Waals surface area contributed by atoms with Crippen molar-refractivity contribution in [1.82, 2.24) is 4.98 Å². The Balaban J connectivity index is 2.53. The molecule has 0 saturated heterocycles. The predicted octanol–water partition coefficient (Wildman–Crippen LogP) is 2.43. The molecule has 0 amide bonds. The minimum atomic E-state index is -1.09. The molecule has 0 aliphatic rings. The van der Waals surface area contributed by atoms with E-state index in [0.29, 0.717) is 16.3 Å². The smallest absolute Gasteiger partial charge is 0.347 e. The molecule has 98 valence electrons. The molecule has 0 atom stereocenters. The van der Waals surface area contributed by atoms with Gasteiger partial charge in [0.1, 0.15) is 9.88 Å². The number of phenolic OH excluding ortho intramolecular Hbond substituents is 1. The zero-order chi connectivity index (χ0) is 14.2. The summed E-state index contributed by atoms with van der Waals surface area (Å²) in [6.07, 6.45) is 0. The molecule has 0 fully saturated rings. The topological polar surface area (TPSA) is 114 Å². The van der Waals surface area contributed by atoms with Crippen molar-refractivity contribution in [3.63, 3.8) is 0 Å². The highest BCUT2D eigenvalue weighted by Crippen LogP contribution is 2.34. The first kappa shape index (κ1) is 13.0. The lowest BCUT2D eigenvalue weighted by Gasteiger charge is -1.98. The fourth-order valence-corrected chi connectivity index (χ4v) is 2.42. The van der Waals surface area contributed by atoms with Crippen LogP contribution >= 0.6 is 11.3 Å². The molecular formula is C11H8N2O5S. The quantitative estimate of drug-likeness (QED) is 0.659. The molecule has 2 aromatic rings. The van der Waals surface area contributed by atoms with Gasteiger partial charge >= 0.3 is 11.7 Å². The van der Waals surface area contributed by atoms with Crippen LogP contribution in [-0.4, -0.2) is 26.1 Å². The molecule has 0 unspecified atom stereocenters. The number of aromatic hydroxyl groups is 1. The van der Waals surface area contributed by atoms with E-state index in [4.69, 9.17) is 5.11 Å². The molecule has 0 bridgehead atoms. The fourth-order valence-electron chi connectivity index (χ4n) is 1.52. The third kappa shape index (κ3) is 2.38. The van der Waals surface area contributed by atoms with E-state index >= 15 is 0 Å². The first-order chi connectivity index (χ1) is 8.90. The second-order valence-corrected chi connectivity index (χ2v) is 4.70. The van der Waals surface area contributed by atoms with Gasteiger partial charge in [0, 0.05) is 11.6 Å². The number of rotatable bonds is 3. The van der Waals surface area contributed by atoms with E-state index in [-0.39, 0.29) is 4.88 Å². The maximum atomic E-state index is 10.9. The van der Waals surface area contributed by atoms with Crippen LogP contribution in [0.25, 0.3) is 10.6 Å². The number of nitro benzene ring substituents is 1. The van der Waals surface area contributed by atoms with E-state index in [1.54, 1.807) is 6.92 Å². The lowest BCUT2D eigenvalue weighted by molar-refractivity contribution is -0.385. The molecule has 8 heteroatoms. The summed E-state index contributed by atoms with van der Waals surface area (Å²) >= 11 is 0.932. The van der Waals surface area contributed by atoms with E-state index in [9.17, 15) is 20.0 Å². The van der Waals surface area contributed by atoms with Gasteiger partial charge in [0.2, 0.25) is 0 Å². The van der Waals surface area contributed by atoms with E-state index in [1.165, 1.54) is 18.2 Å². The summed E-state index contributed by atoms with van der Waals surface area (Å²) in [6, 6.07) is 3.80. The van der Waals surface area contributed by atoms with E-state index in [2.05, 4.69) is 4.98 Å². The Morgan fingerprint density at radius 2 is 2.16 bits per heavy atom. The Hall–Kier alpha value is -2.48. The zero-order valence-electron chi connectivity index (χ0n) is 9.65. The van der Waals surface area contributed by atoms with Crippen LogP contribution in [-0.2, 0) is 0 Å². The minimum Gasteiger partial charge on any atom is -0.502 e. The molecule has 0 radical (unpaired) electrons. The first-order valence-corrected chi connectivity index (χ1v) is 5.90. The number of carboxylic acids is 1. The van der Waals surface area contributed by atoms with Gasteiger partial charge < -0.3 is 10.2 Å². The van der Waals surface area contributed by atoms with Crippen LogP contribution in [0.15, 0.2) is 18.2 Å². The number of thiazole rings is 1. The molecule has 19 heavy (non-hydrogen) atoms. The maximum Gasteiger partial charge on any atom is 0.347 e. The molecule has 2 N–H and O–H groups in total. The number of benzene rings is 1. The highest BCUT2D eigenvalue weighted by atomic mass is 32.1. The number of carbonyl (C=O) groups is 1. The number of carboxylic acid groups (broad SMARTS) is 1. The third-order valence-electron chi connectivity index (χ3n) is 2.41. The highest BCUT2D eigenvalue weighted by molar-refractivity contribution is 7.17. The van der Waals surface area contributed by atoms with Crippen molar-refractivity contribution in [1.29, 1.82) is 0 Å². The van der Waals surface area contributed by atoms with E-state index in [1.807, 2.05) is 0 Å². The summed E-state index contributed by atoms with van der Waals surface area (Å²) in [6.45, 7) is 1.55. The molecule has 0 aliphatic heterocycles. The molecule has 1 aromatic carbocycles. The SMILES string of the molecule is Cc1nc(-c2ccc(O)c([N+](=O)[O-])c2)sc1C(=O)O. The average Bonchev–Trinajstić information content (AvgIpc) is 2.71. The standard InChI is InChI=1S/C11H8N2O5S/c1-5-9(11(15)16)19-10(12-5)6-2-3-8(14)7(4-6)13(17)18/h2-4,14H,1H3,(H,15,16). The fraction of sp³-hybridized carbons (Fsp3) is 0.0909. The van der Waals surface area contributed by atoms with E-state index < -0.39 is 22.3 Å². The number of aryl methyl sites for hydroxylation is 1. The summed E-state index contributed by atoms with van der Waals surface area (Å²) in [7, 11) is 0. The van der Waals surface area contributed by atoms with Gasteiger partial charge in [-0.05, 0) is 19.1 Å². The van der Waals surface area contributed by atoms with Crippen LogP contribution in [0.1, 0.15) is 15.4 Å². The summed E-state index contributed by atoms with van der Waals surface area (Å²) < 4.78 is 0. The van der Waals surface area contributed by atoms with Gasteiger partial charge in [0.05, 0.1) is 10.6 Å². The van der Waals surface area contributed by atoms with Crippen molar-refractivity contribution in [3.8, 4) is 16.3 Å². The monoisotopic (exact) mass is 280 g/mol. The molecular weight excluding hydrogens is 272 g/mol. The third-order valence-corrected chi connectivity index (χ3v) is 3.60. The van der Waals surface area contributed by atoms with Gasteiger partial charge in [-0.1, -0.05) is 0 Å².